The zero-order valence-corrected chi connectivity index (χ0v) is 15.5. The number of rotatable bonds is 7. The maximum atomic E-state index is 12.5. The van der Waals surface area contributed by atoms with Crippen LogP contribution in [-0.2, 0) is 22.4 Å². The Bertz CT molecular complexity index is 867. The molecule has 1 atom stereocenters. The molecular formula is C22H22O5. The van der Waals surface area contributed by atoms with E-state index in [-0.39, 0.29) is 18.2 Å². The minimum atomic E-state index is -0.874. The second-order valence-corrected chi connectivity index (χ2v) is 6.70. The number of hydrogen-bond acceptors (Lipinski definition) is 5. The summed E-state index contributed by atoms with van der Waals surface area (Å²) in [6, 6.07) is 12.2. The Balaban J connectivity index is 1.52. The summed E-state index contributed by atoms with van der Waals surface area (Å²) in [4.78, 5) is 35.7. The van der Waals surface area contributed by atoms with Crippen LogP contribution >= 0.6 is 0 Å². The highest BCUT2D eigenvalue weighted by Gasteiger charge is 2.21. The van der Waals surface area contributed by atoms with Crippen LogP contribution in [0.4, 0.5) is 0 Å². The monoisotopic (exact) mass is 366 g/mol. The standard InChI is InChI=1S/C22H22O5/c1-14(23)16-8-10-20(11-9-16)26-13-21(24)27-15(2)22(25)19-7-6-17-4-3-5-18(17)12-19/h6-12,15H,3-5,13H2,1-2H3/t15-/m0/s1. The Morgan fingerprint density at radius 1 is 0.963 bits per heavy atom. The van der Waals surface area contributed by atoms with Gasteiger partial charge in [-0.25, -0.2) is 4.79 Å². The van der Waals surface area contributed by atoms with Gasteiger partial charge in [0.2, 0.25) is 5.78 Å². The zero-order valence-electron chi connectivity index (χ0n) is 15.5. The van der Waals surface area contributed by atoms with Gasteiger partial charge in [-0.2, -0.15) is 0 Å². The van der Waals surface area contributed by atoms with Gasteiger partial charge in [0.15, 0.2) is 18.5 Å². The SMILES string of the molecule is CC(=O)c1ccc(OCC(=O)O[C@@H](C)C(=O)c2ccc3c(c2)CCC3)cc1. The first-order chi connectivity index (χ1) is 12.9. The Morgan fingerprint density at radius 2 is 1.63 bits per heavy atom. The number of ketones is 2. The van der Waals surface area contributed by atoms with Gasteiger partial charge in [0.25, 0.3) is 0 Å². The highest BCUT2D eigenvalue weighted by atomic mass is 16.6. The largest absolute Gasteiger partial charge is 0.482 e. The molecule has 0 heterocycles. The van der Waals surface area contributed by atoms with E-state index in [0.29, 0.717) is 16.9 Å². The van der Waals surface area contributed by atoms with Crippen molar-refractivity contribution < 1.29 is 23.9 Å². The van der Waals surface area contributed by atoms with Crippen molar-refractivity contribution in [3.63, 3.8) is 0 Å². The van der Waals surface area contributed by atoms with E-state index in [9.17, 15) is 14.4 Å². The van der Waals surface area contributed by atoms with E-state index in [2.05, 4.69) is 0 Å². The summed E-state index contributed by atoms with van der Waals surface area (Å²) in [5.74, 6) is -0.425. The van der Waals surface area contributed by atoms with Gasteiger partial charge in [-0.15, -0.1) is 0 Å². The molecule has 27 heavy (non-hydrogen) atoms. The van der Waals surface area contributed by atoms with Crippen LogP contribution in [0.25, 0.3) is 0 Å². The van der Waals surface area contributed by atoms with E-state index < -0.39 is 12.1 Å². The number of hydrogen-bond donors (Lipinski definition) is 0. The first-order valence-corrected chi connectivity index (χ1v) is 9.03. The summed E-state index contributed by atoms with van der Waals surface area (Å²) in [7, 11) is 0. The van der Waals surface area contributed by atoms with Crippen molar-refractivity contribution in [1.29, 1.82) is 0 Å². The number of carbonyl (C=O) groups is 3. The number of esters is 1. The molecule has 0 aliphatic heterocycles. The van der Waals surface area contributed by atoms with Crippen molar-refractivity contribution in [2.75, 3.05) is 6.61 Å². The average Bonchev–Trinajstić information content (AvgIpc) is 3.13. The Labute approximate surface area is 158 Å². The third-order valence-corrected chi connectivity index (χ3v) is 4.68. The number of ether oxygens (including phenoxy) is 2. The van der Waals surface area contributed by atoms with E-state index in [0.717, 1.165) is 19.3 Å². The summed E-state index contributed by atoms with van der Waals surface area (Å²) < 4.78 is 10.6. The Kier molecular flexibility index (Phi) is 5.69. The second-order valence-electron chi connectivity index (χ2n) is 6.70. The maximum absolute atomic E-state index is 12.5. The summed E-state index contributed by atoms with van der Waals surface area (Å²) in [6.45, 7) is 2.74. The molecule has 0 aromatic heterocycles. The fraction of sp³-hybridized carbons (Fsp3) is 0.318. The van der Waals surface area contributed by atoms with E-state index in [4.69, 9.17) is 9.47 Å². The second kappa shape index (κ2) is 8.16. The van der Waals surface area contributed by atoms with Crippen LogP contribution in [-0.4, -0.2) is 30.2 Å². The smallest absolute Gasteiger partial charge is 0.344 e. The minimum absolute atomic E-state index is 0.0418. The van der Waals surface area contributed by atoms with Crippen LogP contribution in [0.3, 0.4) is 0 Å². The van der Waals surface area contributed by atoms with Crippen LogP contribution in [0.15, 0.2) is 42.5 Å². The fourth-order valence-corrected chi connectivity index (χ4v) is 3.17. The average molecular weight is 366 g/mol. The zero-order chi connectivity index (χ0) is 19.4. The first-order valence-electron chi connectivity index (χ1n) is 9.03. The van der Waals surface area contributed by atoms with Crippen molar-refractivity contribution in [3.05, 3.63) is 64.7 Å². The van der Waals surface area contributed by atoms with Crippen molar-refractivity contribution in [1.82, 2.24) is 0 Å². The van der Waals surface area contributed by atoms with Gasteiger partial charge in [-0.05, 0) is 74.6 Å². The molecule has 1 aliphatic carbocycles. The van der Waals surface area contributed by atoms with Gasteiger partial charge in [-0.3, -0.25) is 9.59 Å². The van der Waals surface area contributed by atoms with E-state index in [1.54, 1.807) is 37.3 Å². The molecule has 0 amide bonds. The predicted molar refractivity (Wildman–Crippen MR) is 100 cm³/mol. The lowest BCUT2D eigenvalue weighted by Crippen LogP contribution is -2.27. The quantitative estimate of drug-likeness (QED) is 0.553. The number of carbonyl (C=O) groups excluding carboxylic acids is 3. The summed E-state index contributed by atoms with van der Waals surface area (Å²) in [6.07, 6.45) is 2.28. The van der Waals surface area contributed by atoms with Crippen molar-refractivity contribution in [2.24, 2.45) is 0 Å². The van der Waals surface area contributed by atoms with Crippen molar-refractivity contribution in [3.8, 4) is 5.75 Å². The topological polar surface area (TPSA) is 69.7 Å². The van der Waals surface area contributed by atoms with Crippen molar-refractivity contribution >= 4 is 17.5 Å². The van der Waals surface area contributed by atoms with Gasteiger partial charge in [0, 0.05) is 11.1 Å². The highest BCUT2D eigenvalue weighted by Crippen LogP contribution is 2.23. The minimum Gasteiger partial charge on any atom is -0.482 e. The van der Waals surface area contributed by atoms with Crippen molar-refractivity contribution in [2.45, 2.75) is 39.2 Å². The van der Waals surface area contributed by atoms with Crippen LogP contribution in [0.5, 0.6) is 5.75 Å². The van der Waals surface area contributed by atoms with E-state index in [1.807, 2.05) is 12.1 Å². The third kappa shape index (κ3) is 4.61. The molecule has 0 spiro atoms. The van der Waals surface area contributed by atoms with Crippen LogP contribution < -0.4 is 4.74 Å². The number of fused-ring (bicyclic) bond motifs is 1. The summed E-state index contributed by atoms with van der Waals surface area (Å²) in [5, 5.41) is 0. The van der Waals surface area contributed by atoms with Crippen LogP contribution in [0, 0.1) is 0 Å². The number of aryl methyl sites for hydroxylation is 2. The van der Waals surface area contributed by atoms with Gasteiger partial charge in [-0.1, -0.05) is 12.1 Å². The molecule has 2 aromatic carbocycles. The lowest BCUT2D eigenvalue weighted by Gasteiger charge is -2.13. The lowest BCUT2D eigenvalue weighted by molar-refractivity contribution is -0.148. The third-order valence-electron chi connectivity index (χ3n) is 4.68. The van der Waals surface area contributed by atoms with Gasteiger partial charge >= 0.3 is 5.97 Å². The highest BCUT2D eigenvalue weighted by molar-refractivity contribution is 6.00. The summed E-state index contributed by atoms with van der Waals surface area (Å²) in [5.41, 5.74) is 3.63. The molecule has 2 aromatic rings. The Morgan fingerprint density at radius 3 is 2.33 bits per heavy atom. The van der Waals surface area contributed by atoms with Crippen LogP contribution in [0.1, 0.15) is 52.1 Å². The molecule has 1 aliphatic rings. The number of benzene rings is 2. The molecule has 5 nitrogen and oxygen atoms in total. The first kappa shape index (κ1) is 18.8. The van der Waals surface area contributed by atoms with Gasteiger partial charge < -0.3 is 9.47 Å². The van der Waals surface area contributed by atoms with E-state index >= 15 is 0 Å². The maximum Gasteiger partial charge on any atom is 0.344 e. The molecule has 0 fully saturated rings. The molecule has 0 N–H and O–H groups in total. The molecule has 5 heteroatoms. The molecule has 140 valence electrons. The molecule has 0 saturated heterocycles. The molecule has 0 radical (unpaired) electrons. The molecule has 0 unspecified atom stereocenters. The fourth-order valence-electron chi connectivity index (χ4n) is 3.17. The molecule has 0 bridgehead atoms. The van der Waals surface area contributed by atoms with Gasteiger partial charge in [0.1, 0.15) is 5.75 Å². The molecule has 0 saturated carbocycles. The molecule has 3 rings (SSSR count). The molecular weight excluding hydrogens is 344 g/mol. The lowest BCUT2D eigenvalue weighted by atomic mass is 10.0. The summed E-state index contributed by atoms with van der Waals surface area (Å²) >= 11 is 0. The van der Waals surface area contributed by atoms with E-state index in [1.165, 1.54) is 18.1 Å². The number of Topliss-reactive ketones (excluding diaryl/α,β-unsaturated/α-hetero) is 2. The normalized spacial score (nSPS) is 13.6. The van der Waals surface area contributed by atoms with Crippen LogP contribution in [0.2, 0.25) is 0 Å². The predicted octanol–water partition coefficient (Wildman–Crippen LogP) is 3.57. The van der Waals surface area contributed by atoms with Gasteiger partial charge in [0.05, 0.1) is 0 Å². The Hall–Kier alpha value is -2.95.